The van der Waals surface area contributed by atoms with Gasteiger partial charge in [-0.2, -0.15) is 0 Å². The van der Waals surface area contributed by atoms with Crippen molar-refractivity contribution in [3.8, 4) is 0 Å². The van der Waals surface area contributed by atoms with E-state index in [1.807, 2.05) is 58.6 Å². The summed E-state index contributed by atoms with van der Waals surface area (Å²) in [6.07, 6.45) is 3.24. The Labute approximate surface area is 135 Å². The van der Waals surface area contributed by atoms with Gasteiger partial charge in [0.05, 0.1) is 5.70 Å². The average Bonchev–Trinajstić information content (AvgIpc) is 2.45. The predicted octanol–water partition coefficient (Wildman–Crippen LogP) is 0.935. The van der Waals surface area contributed by atoms with E-state index < -0.39 is 17.4 Å². The zero-order chi connectivity index (χ0) is 17.0. The topological polar surface area (TPSA) is 67.6 Å². The number of nitrogens with one attached hydrogen (secondary N) is 1. The Kier molecular flexibility index (Phi) is 6.68. The molecule has 0 bridgehead atoms. The van der Waals surface area contributed by atoms with Gasteiger partial charge in [-0.05, 0) is 33.0 Å². The molecule has 1 aliphatic heterocycles. The second-order valence-corrected chi connectivity index (χ2v) is 6.68. The molecule has 1 atom stereocenters. The molecule has 125 valence electrons. The van der Waals surface area contributed by atoms with E-state index >= 15 is 0 Å². The summed E-state index contributed by atoms with van der Waals surface area (Å²) < 4.78 is 5.80. The third-order valence-corrected chi connectivity index (χ3v) is 4.42. The minimum Gasteiger partial charge on any atom is -0.439 e. The standard InChI is InChI=1S/C16H30BN2O3/c1-7-19(8-2)14(20)13-10-9-12(11-18-13)17-22-16(5,6)15(3,4)21/h9-10,14,18,20-21H,7-8,11H2,1-6H3/p+1. The van der Waals surface area contributed by atoms with E-state index in [1.54, 1.807) is 7.48 Å². The number of allylic oxidation sites excluding steroid dienone is 2. The summed E-state index contributed by atoms with van der Waals surface area (Å²) in [6, 6.07) is 0. The molecule has 6 heteroatoms. The fourth-order valence-corrected chi connectivity index (χ4v) is 1.91. The van der Waals surface area contributed by atoms with Gasteiger partial charge in [0.15, 0.2) is 5.60 Å². The molecule has 1 rings (SSSR count). The van der Waals surface area contributed by atoms with Gasteiger partial charge in [-0.15, -0.1) is 0 Å². The van der Waals surface area contributed by atoms with Crippen LogP contribution in [0.2, 0.25) is 0 Å². The molecule has 0 amide bonds. The van der Waals surface area contributed by atoms with Gasteiger partial charge < -0.3 is 20.2 Å². The summed E-state index contributed by atoms with van der Waals surface area (Å²) in [5.41, 5.74) is 0.541. The van der Waals surface area contributed by atoms with Crippen molar-refractivity contribution in [1.82, 2.24) is 10.2 Å². The minimum atomic E-state index is -0.688. The number of aliphatic hydroxyl groups is 1. The number of rotatable bonds is 8. The van der Waals surface area contributed by atoms with Gasteiger partial charge in [0.1, 0.15) is 11.8 Å². The molecule has 5 nitrogen and oxygen atoms in total. The van der Waals surface area contributed by atoms with Gasteiger partial charge in [-0.1, -0.05) is 25.4 Å². The van der Waals surface area contributed by atoms with Crippen molar-refractivity contribution in [2.75, 3.05) is 19.6 Å². The number of likely N-dealkylation sites (N-methyl/N-ethyl adjacent to an activating group) is 1. The molecule has 1 unspecified atom stereocenters. The number of aliphatic hydroxyl groups excluding tert-OH is 1. The van der Waals surface area contributed by atoms with Gasteiger partial charge in [0.2, 0.25) is 0 Å². The Morgan fingerprint density at radius 2 is 1.91 bits per heavy atom. The Hall–Kier alpha value is -0.815. The lowest BCUT2D eigenvalue weighted by Gasteiger charge is -2.34. The molecule has 22 heavy (non-hydrogen) atoms. The van der Waals surface area contributed by atoms with Crippen molar-refractivity contribution in [3.63, 3.8) is 0 Å². The molecule has 0 aliphatic carbocycles. The lowest BCUT2D eigenvalue weighted by molar-refractivity contribution is -0.0897. The van der Waals surface area contributed by atoms with Crippen LogP contribution in [-0.4, -0.2) is 59.7 Å². The monoisotopic (exact) mass is 310 g/mol. The summed E-state index contributed by atoms with van der Waals surface area (Å²) in [7, 11) is 1.71. The number of hydrogen-bond acceptors (Lipinski definition) is 4. The van der Waals surface area contributed by atoms with Crippen LogP contribution in [-0.2, 0) is 4.65 Å². The van der Waals surface area contributed by atoms with Crippen LogP contribution in [0.4, 0.5) is 0 Å². The van der Waals surface area contributed by atoms with Crippen molar-refractivity contribution in [1.29, 1.82) is 0 Å². The summed E-state index contributed by atoms with van der Waals surface area (Å²) in [4.78, 5) is 1.98. The fourth-order valence-electron chi connectivity index (χ4n) is 1.91. The first-order chi connectivity index (χ1) is 10.1. The van der Waals surface area contributed by atoms with E-state index in [4.69, 9.17) is 9.76 Å². The molecule has 0 fully saturated rings. The van der Waals surface area contributed by atoms with E-state index in [-0.39, 0.29) is 0 Å². The third-order valence-electron chi connectivity index (χ3n) is 4.42. The van der Waals surface area contributed by atoms with E-state index in [0.717, 1.165) is 24.3 Å². The molecule has 0 saturated carbocycles. The van der Waals surface area contributed by atoms with Crippen LogP contribution in [0, 0.1) is 0 Å². The summed E-state index contributed by atoms with van der Waals surface area (Å²) in [5.74, 6) is 0. The second-order valence-electron chi connectivity index (χ2n) is 6.68. The highest BCUT2D eigenvalue weighted by atomic mass is 16.5. The van der Waals surface area contributed by atoms with Crippen LogP contribution in [0.1, 0.15) is 41.5 Å². The normalized spacial score (nSPS) is 17.7. The molecule has 0 aromatic heterocycles. The second kappa shape index (κ2) is 7.64. The van der Waals surface area contributed by atoms with Crippen molar-refractivity contribution >= 4 is 7.48 Å². The summed E-state index contributed by atoms with van der Waals surface area (Å²) in [5, 5.41) is 21.6. The van der Waals surface area contributed by atoms with E-state index in [2.05, 4.69) is 5.32 Å². The molecule has 0 aromatic carbocycles. The lowest BCUT2D eigenvalue weighted by atomic mass is 9.81. The Balaban J connectivity index is 2.64. The van der Waals surface area contributed by atoms with E-state index in [1.165, 1.54) is 0 Å². The molecule has 0 spiro atoms. The van der Waals surface area contributed by atoms with Crippen LogP contribution >= 0.6 is 0 Å². The maximum Gasteiger partial charge on any atom is 0.328 e. The molecular weight excluding hydrogens is 279 g/mol. The summed E-state index contributed by atoms with van der Waals surface area (Å²) >= 11 is 0. The zero-order valence-electron chi connectivity index (χ0n) is 14.7. The SMILES string of the molecule is CCN(CC)C(O)C1=CC=C([B]OC(C)(C)C(C)(C)[OH2+])CN1. The first-order valence-corrected chi connectivity index (χ1v) is 7.95. The number of dihydropyridines is 1. The van der Waals surface area contributed by atoms with E-state index in [0.29, 0.717) is 6.54 Å². The van der Waals surface area contributed by atoms with Gasteiger partial charge in [-0.3, -0.25) is 4.90 Å². The first-order valence-electron chi connectivity index (χ1n) is 7.95. The predicted molar refractivity (Wildman–Crippen MR) is 91.7 cm³/mol. The Morgan fingerprint density at radius 1 is 1.32 bits per heavy atom. The summed E-state index contributed by atoms with van der Waals surface area (Å²) in [6.45, 7) is 13.8. The van der Waals surface area contributed by atoms with Crippen LogP contribution in [0.3, 0.4) is 0 Å². The molecule has 0 saturated heterocycles. The molecule has 1 aliphatic rings. The maximum absolute atomic E-state index is 10.3. The molecule has 1 radical (unpaired) electrons. The average molecular weight is 310 g/mol. The molecule has 4 N–H and O–H groups in total. The Morgan fingerprint density at radius 3 is 2.32 bits per heavy atom. The molecule has 1 heterocycles. The van der Waals surface area contributed by atoms with Crippen LogP contribution in [0.5, 0.6) is 0 Å². The van der Waals surface area contributed by atoms with Gasteiger partial charge in [0.25, 0.3) is 0 Å². The highest BCUT2D eigenvalue weighted by Gasteiger charge is 2.40. The molecule has 0 aromatic rings. The third kappa shape index (κ3) is 4.85. The fraction of sp³-hybridized carbons (Fsp3) is 0.750. The quantitative estimate of drug-likeness (QED) is 0.398. The highest BCUT2D eigenvalue weighted by molar-refractivity contribution is 6.38. The highest BCUT2D eigenvalue weighted by Crippen LogP contribution is 2.25. The van der Waals surface area contributed by atoms with Crippen LogP contribution < -0.4 is 5.32 Å². The van der Waals surface area contributed by atoms with Gasteiger partial charge >= 0.3 is 7.48 Å². The number of nitrogens with zero attached hydrogens (tertiary/aromatic N) is 1. The van der Waals surface area contributed by atoms with Crippen LogP contribution in [0.25, 0.3) is 0 Å². The smallest absolute Gasteiger partial charge is 0.328 e. The Bertz CT molecular complexity index is 424. The first kappa shape index (κ1) is 19.2. The van der Waals surface area contributed by atoms with Crippen molar-refractivity contribution in [3.05, 3.63) is 23.3 Å². The van der Waals surface area contributed by atoms with Crippen molar-refractivity contribution < 1.29 is 14.9 Å². The van der Waals surface area contributed by atoms with Crippen molar-refractivity contribution in [2.45, 2.75) is 59.0 Å². The van der Waals surface area contributed by atoms with Gasteiger partial charge in [-0.25, -0.2) is 0 Å². The molecular formula is C16H31BN2O3+. The zero-order valence-corrected chi connectivity index (χ0v) is 14.7. The van der Waals surface area contributed by atoms with Crippen molar-refractivity contribution in [2.24, 2.45) is 0 Å². The van der Waals surface area contributed by atoms with Gasteiger partial charge in [0, 0.05) is 20.4 Å². The maximum atomic E-state index is 10.3. The van der Waals surface area contributed by atoms with Crippen LogP contribution in [0.15, 0.2) is 23.3 Å². The minimum absolute atomic E-state index is 0.571. The number of hydrogen-bond donors (Lipinski definition) is 2. The van der Waals surface area contributed by atoms with E-state index in [9.17, 15) is 5.11 Å². The largest absolute Gasteiger partial charge is 0.439 e. The lowest BCUT2D eigenvalue weighted by Crippen LogP contribution is -2.48.